The molecule has 1 N–H and O–H groups in total. The number of amides is 2. The molecule has 1 aliphatic rings. The SMILES string of the molecule is CN(Cc1cnn(C)c1)C(=O)NCC1COc2ccccc2O1. The van der Waals surface area contributed by atoms with Crippen LogP contribution in [0.15, 0.2) is 36.7 Å². The van der Waals surface area contributed by atoms with Crippen molar-refractivity contribution >= 4 is 6.03 Å². The Labute approximate surface area is 134 Å². The van der Waals surface area contributed by atoms with Gasteiger partial charge in [0.2, 0.25) is 0 Å². The Morgan fingerprint density at radius 2 is 2.22 bits per heavy atom. The van der Waals surface area contributed by atoms with E-state index in [4.69, 9.17) is 9.47 Å². The molecule has 1 aromatic heterocycles. The van der Waals surface area contributed by atoms with E-state index in [0.717, 1.165) is 11.3 Å². The van der Waals surface area contributed by atoms with Crippen LogP contribution in [0.4, 0.5) is 4.79 Å². The standard InChI is InChI=1S/C16H20N4O3/c1-19(9-12-7-18-20(2)10-12)16(21)17-8-13-11-22-14-5-3-4-6-15(14)23-13/h3-7,10,13H,8-9,11H2,1-2H3,(H,17,21). The fraction of sp³-hybridized carbons (Fsp3) is 0.375. The highest BCUT2D eigenvalue weighted by Crippen LogP contribution is 2.30. The Morgan fingerprint density at radius 1 is 1.43 bits per heavy atom. The zero-order chi connectivity index (χ0) is 16.2. The van der Waals surface area contributed by atoms with Crippen LogP contribution in [0.1, 0.15) is 5.56 Å². The van der Waals surface area contributed by atoms with Crippen LogP contribution in [0.5, 0.6) is 11.5 Å². The predicted molar refractivity (Wildman–Crippen MR) is 84.4 cm³/mol. The van der Waals surface area contributed by atoms with Crippen LogP contribution in [0.2, 0.25) is 0 Å². The third-order valence-corrected chi connectivity index (χ3v) is 3.57. The Bertz CT molecular complexity index is 685. The predicted octanol–water partition coefficient (Wildman–Crippen LogP) is 1.40. The normalized spacial score (nSPS) is 16.0. The molecule has 0 bridgehead atoms. The van der Waals surface area contributed by atoms with Crippen molar-refractivity contribution in [3.63, 3.8) is 0 Å². The second kappa shape index (κ2) is 6.60. The van der Waals surface area contributed by atoms with Crippen molar-refractivity contribution in [3.8, 4) is 11.5 Å². The first-order valence-corrected chi connectivity index (χ1v) is 7.47. The highest BCUT2D eigenvalue weighted by atomic mass is 16.6. The summed E-state index contributed by atoms with van der Waals surface area (Å²) in [5.74, 6) is 1.45. The first-order chi connectivity index (χ1) is 11.1. The maximum Gasteiger partial charge on any atom is 0.317 e. The summed E-state index contributed by atoms with van der Waals surface area (Å²) in [4.78, 5) is 13.7. The number of aromatic nitrogens is 2. The lowest BCUT2D eigenvalue weighted by Gasteiger charge is -2.27. The van der Waals surface area contributed by atoms with E-state index in [0.29, 0.717) is 25.4 Å². The number of carbonyl (C=O) groups excluding carboxylic acids is 1. The molecular weight excluding hydrogens is 296 g/mol. The molecule has 7 nitrogen and oxygen atoms in total. The van der Waals surface area contributed by atoms with Crippen LogP contribution in [0.25, 0.3) is 0 Å². The maximum atomic E-state index is 12.1. The van der Waals surface area contributed by atoms with Crippen molar-refractivity contribution in [2.24, 2.45) is 7.05 Å². The van der Waals surface area contributed by atoms with E-state index < -0.39 is 0 Å². The fourth-order valence-corrected chi connectivity index (χ4v) is 2.40. The summed E-state index contributed by atoms with van der Waals surface area (Å²) in [7, 11) is 3.59. The van der Waals surface area contributed by atoms with E-state index >= 15 is 0 Å². The molecule has 7 heteroatoms. The third kappa shape index (κ3) is 3.74. The lowest BCUT2D eigenvalue weighted by Crippen LogP contribution is -2.44. The number of urea groups is 1. The monoisotopic (exact) mass is 316 g/mol. The van der Waals surface area contributed by atoms with Gasteiger partial charge in [-0.3, -0.25) is 4.68 Å². The number of fused-ring (bicyclic) bond motifs is 1. The van der Waals surface area contributed by atoms with Gasteiger partial charge in [-0.2, -0.15) is 5.10 Å². The van der Waals surface area contributed by atoms with Gasteiger partial charge in [0.1, 0.15) is 6.61 Å². The lowest BCUT2D eigenvalue weighted by atomic mass is 10.2. The number of para-hydroxylation sites is 2. The number of hydrogen-bond acceptors (Lipinski definition) is 4. The molecule has 1 aromatic carbocycles. The first kappa shape index (κ1) is 15.2. The van der Waals surface area contributed by atoms with Gasteiger partial charge in [0, 0.05) is 25.9 Å². The average molecular weight is 316 g/mol. The van der Waals surface area contributed by atoms with Gasteiger partial charge in [0.25, 0.3) is 0 Å². The zero-order valence-electron chi connectivity index (χ0n) is 13.2. The van der Waals surface area contributed by atoms with Crippen molar-refractivity contribution in [2.75, 3.05) is 20.2 Å². The molecule has 1 atom stereocenters. The van der Waals surface area contributed by atoms with E-state index in [1.54, 1.807) is 22.8 Å². The molecule has 2 aromatic rings. The Hall–Kier alpha value is -2.70. The van der Waals surface area contributed by atoms with Crippen LogP contribution < -0.4 is 14.8 Å². The Morgan fingerprint density at radius 3 is 2.96 bits per heavy atom. The second-order valence-electron chi connectivity index (χ2n) is 5.56. The molecule has 0 saturated heterocycles. The summed E-state index contributed by atoms with van der Waals surface area (Å²) >= 11 is 0. The minimum absolute atomic E-state index is 0.156. The van der Waals surface area contributed by atoms with Crippen LogP contribution in [0.3, 0.4) is 0 Å². The van der Waals surface area contributed by atoms with E-state index in [1.807, 2.05) is 37.5 Å². The van der Waals surface area contributed by atoms with Crippen molar-refractivity contribution in [1.82, 2.24) is 20.0 Å². The summed E-state index contributed by atoms with van der Waals surface area (Å²) in [5.41, 5.74) is 0.983. The third-order valence-electron chi connectivity index (χ3n) is 3.57. The molecule has 0 radical (unpaired) electrons. The Balaban J connectivity index is 1.47. The largest absolute Gasteiger partial charge is 0.486 e. The number of nitrogens with one attached hydrogen (secondary N) is 1. The van der Waals surface area contributed by atoms with Gasteiger partial charge >= 0.3 is 6.03 Å². The van der Waals surface area contributed by atoms with Crippen molar-refractivity contribution in [1.29, 1.82) is 0 Å². The molecule has 1 aliphatic heterocycles. The fourth-order valence-electron chi connectivity index (χ4n) is 2.40. The number of hydrogen-bond donors (Lipinski definition) is 1. The summed E-state index contributed by atoms with van der Waals surface area (Å²) in [6, 6.07) is 7.36. The second-order valence-corrected chi connectivity index (χ2v) is 5.56. The van der Waals surface area contributed by atoms with Crippen LogP contribution in [0, 0.1) is 0 Å². The molecular formula is C16H20N4O3. The van der Waals surface area contributed by atoms with Gasteiger partial charge in [-0.1, -0.05) is 12.1 Å². The summed E-state index contributed by atoms with van der Waals surface area (Å²) in [6.45, 7) is 1.32. The molecule has 0 saturated carbocycles. The van der Waals surface area contributed by atoms with Gasteiger partial charge in [0.05, 0.1) is 19.3 Å². The van der Waals surface area contributed by atoms with E-state index in [1.165, 1.54) is 0 Å². The zero-order valence-corrected chi connectivity index (χ0v) is 13.2. The summed E-state index contributed by atoms with van der Waals surface area (Å²) in [5, 5.41) is 6.96. The van der Waals surface area contributed by atoms with E-state index in [-0.39, 0.29) is 12.1 Å². The van der Waals surface area contributed by atoms with Gasteiger partial charge in [-0.05, 0) is 12.1 Å². The highest BCUT2D eigenvalue weighted by molar-refractivity contribution is 5.73. The van der Waals surface area contributed by atoms with Gasteiger partial charge in [-0.25, -0.2) is 4.79 Å². The molecule has 2 amide bonds. The highest BCUT2D eigenvalue weighted by Gasteiger charge is 2.21. The lowest BCUT2D eigenvalue weighted by molar-refractivity contribution is 0.0904. The van der Waals surface area contributed by atoms with Crippen molar-refractivity contribution < 1.29 is 14.3 Å². The number of benzene rings is 1. The topological polar surface area (TPSA) is 68.6 Å². The summed E-state index contributed by atoms with van der Waals surface area (Å²) in [6.07, 6.45) is 3.44. The number of carbonyl (C=O) groups is 1. The maximum absolute atomic E-state index is 12.1. The molecule has 0 aliphatic carbocycles. The smallest absolute Gasteiger partial charge is 0.317 e. The van der Waals surface area contributed by atoms with E-state index in [9.17, 15) is 4.79 Å². The minimum atomic E-state index is -0.194. The quantitative estimate of drug-likeness (QED) is 0.926. The first-order valence-electron chi connectivity index (χ1n) is 7.47. The van der Waals surface area contributed by atoms with Crippen LogP contribution >= 0.6 is 0 Å². The Kier molecular flexibility index (Phi) is 4.36. The molecule has 23 heavy (non-hydrogen) atoms. The molecule has 0 spiro atoms. The van der Waals surface area contributed by atoms with Crippen molar-refractivity contribution in [3.05, 3.63) is 42.2 Å². The van der Waals surface area contributed by atoms with E-state index in [2.05, 4.69) is 10.4 Å². The van der Waals surface area contributed by atoms with Gasteiger partial charge < -0.3 is 19.7 Å². The molecule has 122 valence electrons. The molecule has 3 rings (SSSR count). The number of aryl methyl sites for hydroxylation is 1. The molecule has 2 heterocycles. The number of ether oxygens (including phenoxy) is 2. The minimum Gasteiger partial charge on any atom is -0.486 e. The summed E-state index contributed by atoms with van der Waals surface area (Å²) < 4.78 is 13.2. The van der Waals surface area contributed by atoms with Crippen LogP contribution in [-0.2, 0) is 13.6 Å². The van der Waals surface area contributed by atoms with Gasteiger partial charge in [-0.15, -0.1) is 0 Å². The van der Waals surface area contributed by atoms with Gasteiger partial charge in [0.15, 0.2) is 17.6 Å². The number of rotatable bonds is 4. The molecule has 0 fully saturated rings. The van der Waals surface area contributed by atoms with Crippen molar-refractivity contribution in [2.45, 2.75) is 12.6 Å². The average Bonchev–Trinajstić information content (AvgIpc) is 2.97. The molecule has 1 unspecified atom stereocenters. The van der Waals surface area contributed by atoms with Crippen LogP contribution in [-0.4, -0.2) is 47.0 Å². The number of nitrogens with zero attached hydrogens (tertiary/aromatic N) is 3.